The average Bonchev–Trinajstić information content (AvgIpc) is 3.46. The van der Waals surface area contributed by atoms with E-state index < -0.39 is 0 Å². The Morgan fingerprint density at radius 2 is 1.91 bits per heavy atom. The van der Waals surface area contributed by atoms with Gasteiger partial charge in [-0.2, -0.15) is 0 Å². The van der Waals surface area contributed by atoms with Gasteiger partial charge in [0.15, 0.2) is 11.6 Å². The lowest BCUT2D eigenvalue weighted by atomic mass is 10.0. The molecule has 0 aliphatic carbocycles. The van der Waals surface area contributed by atoms with Crippen LogP contribution in [0.5, 0.6) is 5.75 Å². The molecule has 182 valence electrons. The summed E-state index contributed by atoms with van der Waals surface area (Å²) >= 11 is 0. The minimum absolute atomic E-state index is 0.252. The lowest BCUT2D eigenvalue weighted by Gasteiger charge is -2.29. The first-order valence-electron chi connectivity index (χ1n) is 11.6. The summed E-state index contributed by atoms with van der Waals surface area (Å²) < 4.78 is 18.1. The first kappa shape index (κ1) is 24.0. The molecule has 0 bridgehead atoms. The van der Waals surface area contributed by atoms with Crippen LogP contribution in [0, 0.1) is 5.92 Å². The molecule has 0 saturated heterocycles. The summed E-state index contributed by atoms with van der Waals surface area (Å²) in [6.45, 7) is 7.79. The van der Waals surface area contributed by atoms with Gasteiger partial charge in [0, 0.05) is 26.7 Å². The average molecular weight is 468 g/mol. The molecule has 3 aromatic rings. The Kier molecular flexibility index (Phi) is 7.64. The van der Waals surface area contributed by atoms with Gasteiger partial charge in [-0.15, -0.1) is 10.2 Å². The normalized spacial score (nSPS) is 14.7. The standard InChI is InChI=1S/C25H33N5O4/c1-17(2)13-21(26-25(31)22-10-9-20(34-22)16-32-3)24-28-27-23-15-29(11-12-30(23)24)14-18-5-7-19(33-4)8-6-18/h5-10,17,21H,11-16H2,1-4H3,(H,26,31). The molecular formula is C25H33N5O4. The van der Waals surface area contributed by atoms with E-state index in [2.05, 4.69) is 51.0 Å². The topological polar surface area (TPSA) is 94.6 Å². The summed E-state index contributed by atoms with van der Waals surface area (Å²) in [5.74, 6) is 3.56. The van der Waals surface area contributed by atoms with E-state index in [9.17, 15) is 4.79 Å². The number of ether oxygens (including phenoxy) is 2. The minimum Gasteiger partial charge on any atom is -0.497 e. The van der Waals surface area contributed by atoms with Gasteiger partial charge in [0.05, 0.1) is 19.7 Å². The van der Waals surface area contributed by atoms with Crippen molar-refractivity contribution in [3.05, 3.63) is 65.1 Å². The van der Waals surface area contributed by atoms with Crippen molar-refractivity contribution in [1.82, 2.24) is 25.0 Å². The number of furan rings is 1. The van der Waals surface area contributed by atoms with E-state index in [1.165, 1.54) is 5.56 Å². The molecule has 1 aliphatic rings. The molecular weight excluding hydrogens is 434 g/mol. The molecule has 34 heavy (non-hydrogen) atoms. The van der Waals surface area contributed by atoms with Crippen molar-refractivity contribution in [3.8, 4) is 5.75 Å². The Hall–Kier alpha value is -3.17. The third-order valence-corrected chi connectivity index (χ3v) is 5.92. The Morgan fingerprint density at radius 1 is 1.12 bits per heavy atom. The molecule has 0 radical (unpaired) electrons. The Labute approximate surface area is 200 Å². The van der Waals surface area contributed by atoms with Crippen LogP contribution in [0.4, 0.5) is 0 Å². The molecule has 3 heterocycles. The number of amides is 1. The largest absolute Gasteiger partial charge is 0.497 e. The van der Waals surface area contributed by atoms with Crippen molar-refractivity contribution in [1.29, 1.82) is 0 Å². The number of carbonyl (C=O) groups excluding carboxylic acids is 1. The molecule has 1 unspecified atom stereocenters. The highest BCUT2D eigenvalue weighted by atomic mass is 16.5. The molecule has 1 atom stereocenters. The second-order valence-corrected chi connectivity index (χ2v) is 9.04. The van der Waals surface area contributed by atoms with E-state index in [1.54, 1.807) is 26.4 Å². The number of hydrogen-bond acceptors (Lipinski definition) is 7. The fourth-order valence-corrected chi connectivity index (χ4v) is 4.26. The molecule has 0 spiro atoms. The van der Waals surface area contributed by atoms with Gasteiger partial charge < -0.3 is 23.8 Å². The van der Waals surface area contributed by atoms with Gasteiger partial charge >= 0.3 is 0 Å². The number of benzene rings is 1. The lowest BCUT2D eigenvalue weighted by molar-refractivity contribution is 0.0891. The van der Waals surface area contributed by atoms with E-state index in [4.69, 9.17) is 13.9 Å². The van der Waals surface area contributed by atoms with Gasteiger partial charge in [-0.25, -0.2) is 0 Å². The highest BCUT2D eigenvalue weighted by Gasteiger charge is 2.28. The first-order valence-corrected chi connectivity index (χ1v) is 11.6. The highest BCUT2D eigenvalue weighted by molar-refractivity contribution is 5.91. The summed E-state index contributed by atoms with van der Waals surface area (Å²) in [4.78, 5) is 15.3. The van der Waals surface area contributed by atoms with E-state index in [-0.39, 0.29) is 17.7 Å². The highest BCUT2D eigenvalue weighted by Crippen LogP contribution is 2.25. The van der Waals surface area contributed by atoms with Crippen LogP contribution >= 0.6 is 0 Å². The Morgan fingerprint density at radius 3 is 2.62 bits per heavy atom. The fourth-order valence-electron chi connectivity index (χ4n) is 4.26. The lowest BCUT2D eigenvalue weighted by Crippen LogP contribution is -2.36. The summed E-state index contributed by atoms with van der Waals surface area (Å²) in [6.07, 6.45) is 0.755. The molecule has 0 saturated carbocycles. The van der Waals surface area contributed by atoms with Gasteiger partial charge in [0.25, 0.3) is 5.91 Å². The minimum atomic E-state index is -0.262. The number of fused-ring (bicyclic) bond motifs is 1. The number of methoxy groups -OCH3 is 2. The SMILES string of the molecule is COCc1ccc(C(=O)NC(CC(C)C)c2nnc3n2CCN(Cc2ccc(OC)cc2)C3)o1. The molecule has 9 heteroatoms. The van der Waals surface area contributed by atoms with Gasteiger partial charge in [-0.3, -0.25) is 9.69 Å². The maximum absolute atomic E-state index is 12.9. The molecule has 2 aromatic heterocycles. The second kappa shape index (κ2) is 10.8. The van der Waals surface area contributed by atoms with Crippen molar-refractivity contribution >= 4 is 5.91 Å². The zero-order chi connectivity index (χ0) is 24.1. The van der Waals surface area contributed by atoms with Crippen LogP contribution in [-0.4, -0.2) is 46.3 Å². The maximum Gasteiger partial charge on any atom is 0.287 e. The van der Waals surface area contributed by atoms with Crippen LogP contribution in [0.1, 0.15) is 59.8 Å². The van der Waals surface area contributed by atoms with Crippen LogP contribution in [0.2, 0.25) is 0 Å². The molecule has 1 N–H and O–H groups in total. The van der Waals surface area contributed by atoms with Gasteiger partial charge in [-0.1, -0.05) is 26.0 Å². The maximum atomic E-state index is 12.9. The summed E-state index contributed by atoms with van der Waals surface area (Å²) in [5.41, 5.74) is 1.23. The number of hydrogen-bond donors (Lipinski definition) is 1. The molecule has 9 nitrogen and oxygen atoms in total. The quantitative estimate of drug-likeness (QED) is 0.487. The zero-order valence-electron chi connectivity index (χ0n) is 20.3. The van der Waals surface area contributed by atoms with Gasteiger partial charge in [-0.05, 0) is 42.2 Å². The zero-order valence-corrected chi connectivity index (χ0v) is 20.3. The summed E-state index contributed by atoms with van der Waals surface area (Å²) in [5, 5.41) is 12.1. The van der Waals surface area contributed by atoms with E-state index in [0.717, 1.165) is 43.5 Å². The van der Waals surface area contributed by atoms with Crippen LogP contribution < -0.4 is 10.1 Å². The van der Waals surface area contributed by atoms with Crippen molar-refractivity contribution in [2.24, 2.45) is 5.92 Å². The monoisotopic (exact) mass is 467 g/mol. The third-order valence-electron chi connectivity index (χ3n) is 5.92. The fraction of sp³-hybridized carbons (Fsp3) is 0.480. The predicted molar refractivity (Wildman–Crippen MR) is 126 cm³/mol. The van der Waals surface area contributed by atoms with Crippen molar-refractivity contribution in [2.45, 2.75) is 52.6 Å². The smallest absolute Gasteiger partial charge is 0.287 e. The Bertz CT molecular complexity index is 1090. The van der Waals surface area contributed by atoms with Crippen molar-refractivity contribution in [3.63, 3.8) is 0 Å². The van der Waals surface area contributed by atoms with E-state index >= 15 is 0 Å². The van der Waals surface area contributed by atoms with Gasteiger partial charge in [0.1, 0.15) is 23.9 Å². The number of aromatic nitrogens is 3. The molecule has 4 rings (SSSR count). The van der Waals surface area contributed by atoms with Crippen molar-refractivity contribution < 1.29 is 18.7 Å². The summed E-state index contributed by atoms with van der Waals surface area (Å²) in [6, 6.07) is 11.3. The van der Waals surface area contributed by atoms with E-state index in [0.29, 0.717) is 24.8 Å². The van der Waals surface area contributed by atoms with Crippen LogP contribution in [0.3, 0.4) is 0 Å². The van der Waals surface area contributed by atoms with Crippen LogP contribution in [0.15, 0.2) is 40.8 Å². The number of carbonyl (C=O) groups is 1. The van der Waals surface area contributed by atoms with Crippen LogP contribution in [0.25, 0.3) is 0 Å². The Balaban J connectivity index is 1.46. The van der Waals surface area contributed by atoms with Crippen molar-refractivity contribution in [2.75, 3.05) is 20.8 Å². The third kappa shape index (κ3) is 5.66. The predicted octanol–water partition coefficient (Wildman–Crippen LogP) is 3.56. The van der Waals surface area contributed by atoms with Gasteiger partial charge in [0.2, 0.25) is 0 Å². The number of nitrogens with zero attached hydrogens (tertiary/aromatic N) is 4. The molecule has 0 fully saturated rings. The molecule has 1 aliphatic heterocycles. The first-order chi connectivity index (χ1) is 16.5. The van der Waals surface area contributed by atoms with E-state index in [1.807, 2.05) is 12.1 Å². The summed E-state index contributed by atoms with van der Waals surface area (Å²) in [7, 11) is 3.26. The second-order valence-electron chi connectivity index (χ2n) is 9.04. The van der Waals surface area contributed by atoms with Crippen LogP contribution in [-0.2, 0) is 31.0 Å². The molecule has 1 amide bonds. The number of rotatable bonds is 10. The number of nitrogens with one attached hydrogen (secondary N) is 1. The molecule has 1 aromatic carbocycles.